The van der Waals surface area contributed by atoms with Gasteiger partial charge >= 0.3 is 0 Å². The van der Waals surface area contributed by atoms with Gasteiger partial charge in [-0.3, -0.25) is 9.52 Å². The lowest BCUT2D eigenvalue weighted by molar-refractivity contribution is 0.0963. The van der Waals surface area contributed by atoms with Crippen LogP contribution in [0.1, 0.15) is 15.9 Å². The van der Waals surface area contributed by atoms with Gasteiger partial charge in [0.2, 0.25) is 0 Å². The van der Waals surface area contributed by atoms with Gasteiger partial charge in [-0.15, -0.1) is 5.10 Å². The third-order valence-electron chi connectivity index (χ3n) is 3.80. The largest absolute Gasteiger partial charge is 0.355 e. The third-order valence-corrected chi connectivity index (χ3v) is 5.18. The first-order valence-corrected chi connectivity index (χ1v) is 9.08. The second-order valence-corrected chi connectivity index (χ2v) is 7.10. The smallest absolute Gasteiger partial charge is 0.261 e. The summed E-state index contributed by atoms with van der Waals surface area (Å²) in [6.45, 7) is 1.77. The molecule has 2 N–H and O–H groups in total. The van der Waals surface area contributed by atoms with Crippen molar-refractivity contribution >= 4 is 21.6 Å². The SMILES string of the molecule is CNC(=O)c1ccc(S(=O)(=O)Nc2cccc(-n3cnnn3)c2C)cc1. The van der Waals surface area contributed by atoms with Gasteiger partial charge in [-0.25, -0.2) is 13.1 Å². The van der Waals surface area contributed by atoms with Crippen LogP contribution in [0.3, 0.4) is 0 Å². The fraction of sp³-hybridized carbons (Fsp3) is 0.125. The highest BCUT2D eigenvalue weighted by molar-refractivity contribution is 7.92. The Morgan fingerprint density at radius 3 is 2.46 bits per heavy atom. The van der Waals surface area contributed by atoms with E-state index in [1.807, 2.05) is 0 Å². The molecule has 0 spiro atoms. The summed E-state index contributed by atoms with van der Waals surface area (Å²) in [5.74, 6) is -0.285. The van der Waals surface area contributed by atoms with Crippen LogP contribution in [0.25, 0.3) is 5.69 Å². The van der Waals surface area contributed by atoms with E-state index in [0.717, 1.165) is 0 Å². The Morgan fingerprint density at radius 1 is 1.12 bits per heavy atom. The maximum atomic E-state index is 12.6. The van der Waals surface area contributed by atoms with Gasteiger partial charge in [0.05, 0.1) is 16.3 Å². The lowest BCUT2D eigenvalue weighted by Gasteiger charge is -2.13. The zero-order valence-corrected chi connectivity index (χ0v) is 14.9. The average Bonchev–Trinajstić information content (AvgIpc) is 3.17. The second-order valence-electron chi connectivity index (χ2n) is 5.41. The number of carbonyl (C=O) groups excluding carboxylic acids is 1. The van der Waals surface area contributed by atoms with E-state index in [2.05, 4.69) is 25.6 Å². The predicted octanol–water partition coefficient (Wildman–Crippen LogP) is 1.13. The number of aromatic nitrogens is 4. The average molecular weight is 372 g/mol. The van der Waals surface area contributed by atoms with Gasteiger partial charge in [0.15, 0.2) is 0 Å². The van der Waals surface area contributed by atoms with Crippen LogP contribution in [0, 0.1) is 6.92 Å². The van der Waals surface area contributed by atoms with Gasteiger partial charge < -0.3 is 5.32 Å². The first kappa shape index (κ1) is 17.5. The molecule has 134 valence electrons. The summed E-state index contributed by atoms with van der Waals surface area (Å²) in [5.41, 5.74) is 2.12. The van der Waals surface area contributed by atoms with Crippen LogP contribution in [0.4, 0.5) is 5.69 Å². The van der Waals surface area contributed by atoms with E-state index in [1.54, 1.807) is 25.1 Å². The minimum absolute atomic E-state index is 0.0531. The van der Waals surface area contributed by atoms with Gasteiger partial charge in [0, 0.05) is 12.6 Å². The van der Waals surface area contributed by atoms with Gasteiger partial charge in [-0.2, -0.15) is 0 Å². The molecule has 0 fully saturated rings. The summed E-state index contributed by atoms with van der Waals surface area (Å²) in [6, 6.07) is 10.8. The number of sulfonamides is 1. The lowest BCUT2D eigenvalue weighted by Crippen LogP contribution is -2.18. The molecule has 9 nitrogen and oxygen atoms in total. The number of amides is 1. The fourth-order valence-electron chi connectivity index (χ4n) is 2.39. The number of nitrogens with zero attached hydrogens (tertiary/aromatic N) is 4. The molecule has 26 heavy (non-hydrogen) atoms. The van der Waals surface area contributed by atoms with Crippen molar-refractivity contribution in [3.05, 3.63) is 59.9 Å². The molecule has 0 saturated heterocycles. The van der Waals surface area contributed by atoms with Crippen LogP contribution >= 0.6 is 0 Å². The highest BCUT2D eigenvalue weighted by atomic mass is 32.2. The molecule has 0 aliphatic rings. The number of rotatable bonds is 5. The van der Waals surface area contributed by atoms with Crippen molar-refractivity contribution < 1.29 is 13.2 Å². The quantitative estimate of drug-likeness (QED) is 0.693. The topological polar surface area (TPSA) is 119 Å². The number of nitrogens with one attached hydrogen (secondary N) is 2. The Balaban J connectivity index is 1.91. The number of anilines is 1. The van der Waals surface area contributed by atoms with Gasteiger partial charge in [-0.1, -0.05) is 6.07 Å². The summed E-state index contributed by atoms with van der Waals surface area (Å²) in [4.78, 5) is 11.6. The number of hydrogen-bond acceptors (Lipinski definition) is 6. The summed E-state index contributed by atoms with van der Waals surface area (Å²) < 4.78 is 29.3. The Bertz CT molecular complexity index is 1030. The summed E-state index contributed by atoms with van der Waals surface area (Å²) in [6.07, 6.45) is 1.43. The van der Waals surface area contributed by atoms with Crippen molar-refractivity contribution in [2.24, 2.45) is 0 Å². The van der Waals surface area contributed by atoms with Gasteiger partial charge in [0.1, 0.15) is 6.33 Å². The zero-order chi connectivity index (χ0) is 18.7. The monoisotopic (exact) mass is 372 g/mol. The van der Waals surface area contributed by atoms with Gasteiger partial charge in [-0.05, 0) is 59.3 Å². The van der Waals surface area contributed by atoms with E-state index in [-0.39, 0.29) is 10.8 Å². The molecule has 0 bridgehead atoms. The molecule has 3 rings (SSSR count). The molecular formula is C16H16N6O3S. The van der Waals surface area contributed by atoms with E-state index >= 15 is 0 Å². The van der Waals surface area contributed by atoms with Crippen LogP contribution in [0.15, 0.2) is 53.7 Å². The van der Waals surface area contributed by atoms with Crippen LogP contribution in [0.5, 0.6) is 0 Å². The van der Waals surface area contributed by atoms with Crippen LogP contribution in [0.2, 0.25) is 0 Å². The predicted molar refractivity (Wildman–Crippen MR) is 94.5 cm³/mol. The number of benzene rings is 2. The second kappa shape index (κ2) is 6.92. The molecule has 0 radical (unpaired) electrons. The molecule has 2 aromatic carbocycles. The van der Waals surface area contributed by atoms with Crippen LogP contribution < -0.4 is 10.0 Å². The Kier molecular flexibility index (Phi) is 4.67. The zero-order valence-electron chi connectivity index (χ0n) is 14.0. The number of carbonyl (C=O) groups is 1. The van der Waals surface area contributed by atoms with Crippen molar-refractivity contribution in [3.8, 4) is 5.69 Å². The Hall–Kier alpha value is -3.27. The summed E-state index contributed by atoms with van der Waals surface area (Å²) in [5, 5.41) is 13.5. The molecule has 3 aromatic rings. The normalized spacial score (nSPS) is 11.2. The van der Waals surface area contributed by atoms with E-state index < -0.39 is 10.0 Å². The Morgan fingerprint density at radius 2 is 1.85 bits per heavy atom. The molecule has 1 heterocycles. The van der Waals surface area contributed by atoms with E-state index in [9.17, 15) is 13.2 Å². The van der Waals surface area contributed by atoms with Crippen molar-refractivity contribution in [2.75, 3.05) is 11.8 Å². The molecule has 1 amide bonds. The first-order chi connectivity index (χ1) is 12.4. The standard InChI is InChI=1S/C16H16N6O3S/c1-11-14(4-3-5-15(11)22-10-18-20-21-22)19-26(24,25)13-8-6-12(7-9-13)16(23)17-2/h3-10,19H,1-2H3,(H,17,23). The molecule has 10 heteroatoms. The van der Waals surface area contributed by atoms with Crippen LogP contribution in [-0.2, 0) is 10.0 Å². The van der Waals surface area contributed by atoms with Crippen molar-refractivity contribution in [1.82, 2.24) is 25.5 Å². The molecule has 0 saturated carbocycles. The highest BCUT2D eigenvalue weighted by Crippen LogP contribution is 2.24. The molecule has 0 aliphatic carbocycles. The highest BCUT2D eigenvalue weighted by Gasteiger charge is 2.17. The van der Waals surface area contributed by atoms with Gasteiger partial charge in [0.25, 0.3) is 15.9 Å². The lowest BCUT2D eigenvalue weighted by atomic mass is 10.1. The third kappa shape index (κ3) is 3.40. The van der Waals surface area contributed by atoms with Crippen LogP contribution in [-0.4, -0.2) is 41.6 Å². The maximum absolute atomic E-state index is 12.6. The van der Waals surface area contributed by atoms with E-state index in [1.165, 1.54) is 42.3 Å². The van der Waals surface area contributed by atoms with E-state index in [4.69, 9.17) is 0 Å². The van der Waals surface area contributed by atoms with E-state index in [0.29, 0.717) is 22.5 Å². The van der Waals surface area contributed by atoms with Crippen molar-refractivity contribution in [3.63, 3.8) is 0 Å². The number of tetrazole rings is 1. The van der Waals surface area contributed by atoms with Crippen molar-refractivity contribution in [1.29, 1.82) is 0 Å². The van der Waals surface area contributed by atoms with Crippen molar-refractivity contribution in [2.45, 2.75) is 11.8 Å². The molecule has 0 unspecified atom stereocenters. The molecule has 0 aliphatic heterocycles. The molecular weight excluding hydrogens is 356 g/mol. The Labute approximate surface area is 150 Å². The minimum Gasteiger partial charge on any atom is -0.355 e. The first-order valence-electron chi connectivity index (χ1n) is 7.60. The maximum Gasteiger partial charge on any atom is 0.261 e. The minimum atomic E-state index is -3.81. The number of hydrogen-bond donors (Lipinski definition) is 2. The molecule has 1 aromatic heterocycles. The molecule has 0 atom stereocenters. The summed E-state index contributed by atoms with van der Waals surface area (Å²) >= 11 is 0. The fourth-order valence-corrected chi connectivity index (χ4v) is 3.51. The summed E-state index contributed by atoms with van der Waals surface area (Å²) in [7, 11) is -2.30.